The smallest absolute Gasteiger partial charge is 0.251 e. The van der Waals surface area contributed by atoms with Crippen LogP contribution in [0.25, 0.3) is 0 Å². The molecule has 2 rings (SSSR count). The third kappa shape index (κ3) is 3.80. The van der Waals surface area contributed by atoms with Gasteiger partial charge in [0, 0.05) is 24.8 Å². The summed E-state index contributed by atoms with van der Waals surface area (Å²) in [7, 11) is 1.76. The number of nitrogens with one attached hydrogen (secondary N) is 2. The predicted molar refractivity (Wildman–Crippen MR) is 80.8 cm³/mol. The van der Waals surface area contributed by atoms with E-state index in [1.165, 1.54) is 0 Å². The van der Waals surface area contributed by atoms with Crippen LogP contribution in [0.2, 0.25) is 0 Å². The number of pyridine rings is 1. The van der Waals surface area contributed by atoms with E-state index in [4.69, 9.17) is 5.26 Å². The molecule has 5 heteroatoms. The van der Waals surface area contributed by atoms with Gasteiger partial charge in [0.25, 0.3) is 5.91 Å². The molecule has 1 heterocycles. The summed E-state index contributed by atoms with van der Waals surface area (Å²) < 4.78 is 0. The molecule has 5 nitrogen and oxygen atoms in total. The van der Waals surface area contributed by atoms with Gasteiger partial charge in [0.2, 0.25) is 0 Å². The molecule has 0 saturated heterocycles. The number of nitriles is 1. The number of aryl methyl sites for hydroxylation is 1. The van der Waals surface area contributed by atoms with Crippen molar-refractivity contribution >= 4 is 11.7 Å². The standard InChI is InChI=1S/C16H16N4O/c1-11-7-14(8-15(18-2)20-11)16(21)19-10-13-5-3-12(9-17)4-6-13/h3-8H,10H2,1-2H3,(H,18,20)(H,19,21). The monoisotopic (exact) mass is 280 g/mol. The third-order valence-corrected chi connectivity index (χ3v) is 3.01. The van der Waals surface area contributed by atoms with Gasteiger partial charge >= 0.3 is 0 Å². The lowest BCUT2D eigenvalue weighted by atomic mass is 10.1. The van der Waals surface area contributed by atoms with Gasteiger partial charge in [-0.3, -0.25) is 4.79 Å². The van der Waals surface area contributed by atoms with Crippen molar-refractivity contribution in [1.29, 1.82) is 5.26 Å². The molecule has 0 aliphatic rings. The largest absolute Gasteiger partial charge is 0.373 e. The minimum atomic E-state index is -0.152. The fraction of sp³-hybridized carbons (Fsp3) is 0.188. The molecule has 1 amide bonds. The lowest BCUT2D eigenvalue weighted by molar-refractivity contribution is 0.0950. The summed E-state index contributed by atoms with van der Waals surface area (Å²) in [5.41, 5.74) is 2.90. The Labute approximate surface area is 123 Å². The zero-order valence-electron chi connectivity index (χ0n) is 12.0. The van der Waals surface area contributed by atoms with Crippen LogP contribution in [0.1, 0.15) is 27.2 Å². The molecule has 0 aliphatic carbocycles. The highest BCUT2D eigenvalue weighted by Crippen LogP contribution is 2.10. The van der Waals surface area contributed by atoms with Crippen LogP contribution in [-0.2, 0) is 6.54 Å². The van der Waals surface area contributed by atoms with Crippen LogP contribution in [0.3, 0.4) is 0 Å². The van der Waals surface area contributed by atoms with Gasteiger partial charge in [-0.25, -0.2) is 4.98 Å². The number of aromatic nitrogens is 1. The molecule has 0 radical (unpaired) electrons. The molecule has 0 aliphatic heterocycles. The minimum Gasteiger partial charge on any atom is -0.373 e. The zero-order valence-corrected chi connectivity index (χ0v) is 12.0. The summed E-state index contributed by atoms with van der Waals surface area (Å²) in [6.07, 6.45) is 0. The lowest BCUT2D eigenvalue weighted by Gasteiger charge is -2.08. The van der Waals surface area contributed by atoms with Gasteiger partial charge in [-0.05, 0) is 36.8 Å². The molecule has 1 aromatic carbocycles. The number of benzene rings is 1. The SMILES string of the molecule is CNc1cc(C(=O)NCc2ccc(C#N)cc2)cc(C)n1. The molecular formula is C16H16N4O. The number of rotatable bonds is 4. The van der Waals surface area contributed by atoms with Crippen molar-refractivity contribution in [2.24, 2.45) is 0 Å². The van der Waals surface area contributed by atoms with Crippen molar-refractivity contribution in [3.05, 3.63) is 58.8 Å². The van der Waals surface area contributed by atoms with Gasteiger partial charge in [0.1, 0.15) is 5.82 Å². The molecular weight excluding hydrogens is 264 g/mol. The first-order chi connectivity index (χ1) is 10.1. The van der Waals surface area contributed by atoms with Crippen LogP contribution >= 0.6 is 0 Å². The van der Waals surface area contributed by atoms with Gasteiger partial charge < -0.3 is 10.6 Å². The molecule has 0 unspecified atom stereocenters. The van der Waals surface area contributed by atoms with E-state index >= 15 is 0 Å². The summed E-state index contributed by atoms with van der Waals surface area (Å²) in [5.74, 6) is 0.514. The molecule has 106 valence electrons. The lowest BCUT2D eigenvalue weighted by Crippen LogP contribution is -2.23. The van der Waals surface area contributed by atoms with Crippen LogP contribution in [0.4, 0.5) is 5.82 Å². The van der Waals surface area contributed by atoms with E-state index in [9.17, 15) is 4.79 Å². The number of anilines is 1. The second-order valence-corrected chi connectivity index (χ2v) is 4.62. The maximum Gasteiger partial charge on any atom is 0.251 e. The zero-order chi connectivity index (χ0) is 15.2. The second-order valence-electron chi connectivity index (χ2n) is 4.62. The second kappa shape index (κ2) is 6.53. The summed E-state index contributed by atoms with van der Waals surface area (Å²) >= 11 is 0. The molecule has 0 atom stereocenters. The Morgan fingerprint density at radius 3 is 2.62 bits per heavy atom. The summed E-state index contributed by atoms with van der Waals surface area (Å²) in [4.78, 5) is 16.4. The van der Waals surface area contributed by atoms with Gasteiger partial charge in [0.05, 0.1) is 11.6 Å². The number of hydrogen-bond acceptors (Lipinski definition) is 4. The molecule has 0 spiro atoms. The molecule has 1 aromatic heterocycles. The highest BCUT2D eigenvalue weighted by atomic mass is 16.1. The quantitative estimate of drug-likeness (QED) is 0.900. The Morgan fingerprint density at radius 2 is 2.00 bits per heavy atom. The average molecular weight is 280 g/mol. The first-order valence-electron chi connectivity index (χ1n) is 6.56. The van der Waals surface area contributed by atoms with Crippen LogP contribution in [0.5, 0.6) is 0 Å². The van der Waals surface area contributed by atoms with Gasteiger partial charge in [-0.15, -0.1) is 0 Å². The maximum absolute atomic E-state index is 12.1. The van der Waals surface area contributed by atoms with E-state index in [1.807, 2.05) is 19.1 Å². The molecule has 21 heavy (non-hydrogen) atoms. The van der Waals surface area contributed by atoms with E-state index in [0.29, 0.717) is 23.5 Å². The van der Waals surface area contributed by atoms with Crippen LogP contribution < -0.4 is 10.6 Å². The highest BCUT2D eigenvalue weighted by Gasteiger charge is 2.08. The highest BCUT2D eigenvalue weighted by molar-refractivity contribution is 5.94. The Morgan fingerprint density at radius 1 is 1.29 bits per heavy atom. The molecule has 2 N–H and O–H groups in total. The van der Waals surface area contributed by atoms with Gasteiger partial charge in [-0.1, -0.05) is 12.1 Å². The van der Waals surface area contributed by atoms with Crippen molar-refractivity contribution in [3.63, 3.8) is 0 Å². The number of nitrogens with zero attached hydrogens (tertiary/aromatic N) is 2. The summed E-state index contributed by atoms with van der Waals surface area (Å²) in [6, 6.07) is 12.6. The average Bonchev–Trinajstić information content (AvgIpc) is 2.52. The van der Waals surface area contributed by atoms with Gasteiger partial charge in [0.15, 0.2) is 0 Å². The van der Waals surface area contributed by atoms with Crippen LogP contribution in [-0.4, -0.2) is 17.9 Å². The van der Waals surface area contributed by atoms with E-state index in [1.54, 1.807) is 31.3 Å². The normalized spacial score (nSPS) is 9.76. The molecule has 0 fully saturated rings. The minimum absolute atomic E-state index is 0.152. The number of carbonyl (C=O) groups is 1. The fourth-order valence-electron chi connectivity index (χ4n) is 1.91. The first kappa shape index (κ1) is 14.5. The molecule has 2 aromatic rings. The summed E-state index contributed by atoms with van der Waals surface area (Å²) in [6.45, 7) is 2.26. The number of carbonyl (C=O) groups excluding carboxylic acids is 1. The van der Waals surface area contributed by atoms with Crippen molar-refractivity contribution < 1.29 is 4.79 Å². The third-order valence-electron chi connectivity index (χ3n) is 3.01. The van der Waals surface area contributed by atoms with Gasteiger partial charge in [-0.2, -0.15) is 5.26 Å². The predicted octanol–water partition coefficient (Wildman–Crippen LogP) is 2.23. The van der Waals surface area contributed by atoms with E-state index in [0.717, 1.165) is 11.3 Å². The van der Waals surface area contributed by atoms with Crippen molar-refractivity contribution in [2.75, 3.05) is 12.4 Å². The van der Waals surface area contributed by atoms with Crippen molar-refractivity contribution in [2.45, 2.75) is 13.5 Å². The van der Waals surface area contributed by atoms with Crippen LogP contribution in [0.15, 0.2) is 36.4 Å². The Kier molecular flexibility index (Phi) is 4.52. The molecule has 0 bridgehead atoms. The first-order valence-corrected chi connectivity index (χ1v) is 6.56. The Balaban J connectivity index is 2.04. The number of hydrogen-bond donors (Lipinski definition) is 2. The Bertz CT molecular complexity index is 686. The molecule has 0 saturated carbocycles. The topological polar surface area (TPSA) is 77.8 Å². The van der Waals surface area contributed by atoms with Crippen LogP contribution in [0, 0.1) is 18.3 Å². The van der Waals surface area contributed by atoms with E-state index in [2.05, 4.69) is 21.7 Å². The van der Waals surface area contributed by atoms with E-state index in [-0.39, 0.29) is 5.91 Å². The van der Waals surface area contributed by atoms with Crippen molar-refractivity contribution in [1.82, 2.24) is 10.3 Å². The van der Waals surface area contributed by atoms with E-state index < -0.39 is 0 Å². The maximum atomic E-state index is 12.1. The Hall–Kier alpha value is -2.87. The summed E-state index contributed by atoms with van der Waals surface area (Å²) in [5, 5.41) is 14.5. The van der Waals surface area contributed by atoms with Crippen molar-refractivity contribution in [3.8, 4) is 6.07 Å². The number of amides is 1. The fourth-order valence-corrected chi connectivity index (χ4v) is 1.91.